The molecular formula is C30H58NO10P. The first-order valence-electron chi connectivity index (χ1n) is 16.1. The average molecular weight is 624 g/mol. The van der Waals surface area contributed by atoms with Gasteiger partial charge in [0.15, 0.2) is 6.10 Å². The first-order valence-corrected chi connectivity index (χ1v) is 17.6. The van der Waals surface area contributed by atoms with E-state index < -0.39 is 51.1 Å². The Morgan fingerprint density at radius 1 is 0.643 bits per heavy atom. The van der Waals surface area contributed by atoms with E-state index in [0.29, 0.717) is 12.8 Å². The molecule has 0 saturated carbocycles. The van der Waals surface area contributed by atoms with Gasteiger partial charge in [-0.1, -0.05) is 117 Å². The Morgan fingerprint density at radius 3 is 1.50 bits per heavy atom. The second-order valence-electron chi connectivity index (χ2n) is 11.0. The molecule has 0 aliphatic heterocycles. The number of carbonyl (C=O) groups is 3. The van der Waals surface area contributed by atoms with Gasteiger partial charge in [0.2, 0.25) is 0 Å². The molecule has 42 heavy (non-hydrogen) atoms. The molecule has 0 heterocycles. The molecule has 0 saturated heterocycles. The number of phosphoric ester groups is 1. The molecule has 0 bridgehead atoms. The molecule has 0 spiro atoms. The van der Waals surface area contributed by atoms with Gasteiger partial charge >= 0.3 is 25.7 Å². The van der Waals surface area contributed by atoms with E-state index in [4.69, 9.17) is 24.8 Å². The van der Waals surface area contributed by atoms with Crippen LogP contribution in [-0.4, -0.2) is 59.9 Å². The summed E-state index contributed by atoms with van der Waals surface area (Å²) >= 11 is 0. The minimum absolute atomic E-state index is 0.167. The maximum Gasteiger partial charge on any atom is 0.472 e. The van der Waals surface area contributed by atoms with Crippen LogP contribution in [-0.2, 0) is 37.5 Å². The van der Waals surface area contributed by atoms with Gasteiger partial charge < -0.3 is 25.2 Å². The number of phosphoric acid groups is 1. The predicted octanol–water partition coefficient (Wildman–Crippen LogP) is 6.83. The summed E-state index contributed by atoms with van der Waals surface area (Å²) in [6.07, 6.45) is 19.2. The maximum absolute atomic E-state index is 12.4. The number of ether oxygens (including phenoxy) is 2. The Labute approximate surface area is 253 Å². The summed E-state index contributed by atoms with van der Waals surface area (Å²) in [6.45, 7) is 2.71. The smallest absolute Gasteiger partial charge is 0.472 e. The lowest BCUT2D eigenvalue weighted by molar-refractivity contribution is -0.161. The molecule has 1 unspecified atom stereocenters. The van der Waals surface area contributed by atoms with Gasteiger partial charge in [-0.25, -0.2) is 4.57 Å². The summed E-state index contributed by atoms with van der Waals surface area (Å²) in [5.74, 6) is -2.38. The first kappa shape index (κ1) is 40.5. The Morgan fingerprint density at radius 2 is 1.05 bits per heavy atom. The summed E-state index contributed by atoms with van der Waals surface area (Å²) in [5.41, 5.74) is 5.28. The normalized spacial score (nSPS) is 14.2. The van der Waals surface area contributed by atoms with Gasteiger partial charge in [-0.15, -0.1) is 0 Å². The van der Waals surface area contributed by atoms with Crippen molar-refractivity contribution >= 4 is 25.7 Å². The average Bonchev–Trinajstić information content (AvgIpc) is 2.95. The zero-order valence-corrected chi connectivity index (χ0v) is 27.0. The van der Waals surface area contributed by atoms with Gasteiger partial charge in [0.05, 0.1) is 13.2 Å². The number of rotatable bonds is 30. The second-order valence-corrected chi connectivity index (χ2v) is 12.4. The van der Waals surface area contributed by atoms with Gasteiger partial charge in [-0.2, -0.15) is 0 Å². The predicted molar refractivity (Wildman–Crippen MR) is 162 cm³/mol. The van der Waals surface area contributed by atoms with Crippen molar-refractivity contribution in [3.05, 3.63) is 0 Å². The van der Waals surface area contributed by atoms with Gasteiger partial charge in [-0.3, -0.25) is 23.4 Å². The zero-order valence-electron chi connectivity index (χ0n) is 26.1. The zero-order chi connectivity index (χ0) is 31.5. The molecule has 12 heteroatoms. The molecule has 248 valence electrons. The molecule has 0 amide bonds. The molecule has 0 aromatic rings. The van der Waals surface area contributed by atoms with Crippen molar-refractivity contribution in [3.63, 3.8) is 0 Å². The monoisotopic (exact) mass is 623 g/mol. The maximum atomic E-state index is 12.4. The lowest BCUT2D eigenvalue weighted by atomic mass is 10.1. The molecule has 0 rings (SSSR count). The van der Waals surface area contributed by atoms with Crippen LogP contribution >= 0.6 is 7.82 Å². The number of unbranched alkanes of at least 4 members (excludes halogenated alkanes) is 16. The van der Waals surface area contributed by atoms with E-state index in [1.165, 1.54) is 64.2 Å². The van der Waals surface area contributed by atoms with Gasteiger partial charge in [0.1, 0.15) is 12.6 Å². The number of hydrogen-bond acceptors (Lipinski definition) is 9. The largest absolute Gasteiger partial charge is 0.480 e. The van der Waals surface area contributed by atoms with E-state index in [1.807, 2.05) is 0 Å². The highest BCUT2D eigenvalue weighted by molar-refractivity contribution is 7.47. The van der Waals surface area contributed by atoms with Crippen LogP contribution in [0.1, 0.15) is 142 Å². The molecule has 0 aromatic carbocycles. The van der Waals surface area contributed by atoms with Crippen molar-refractivity contribution in [2.24, 2.45) is 5.73 Å². The van der Waals surface area contributed by atoms with E-state index in [2.05, 4.69) is 18.4 Å². The number of nitrogens with two attached hydrogens (primary N) is 1. The van der Waals surface area contributed by atoms with Crippen molar-refractivity contribution < 1.29 is 47.5 Å². The molecular weight excluding hydrogens is 565 g/mol. The summed E-state index contributed by atoms with van der Waals surface area (Å²) in [4.78, 5) is 45.3. The van der Waals surface area contributed by atoms with Crippen molar-refractivity contribution in [1.82, 2.24) is 0 Å². The fourth-order valence-corrected chi connectivity index (χ4v) is 5.02. The van der Waals surface area contributed by atoms with E-state index in [0.717, 1.165) is 38.5 Å². The fraction of sp³-hybridized carbons (Fsp3) is 0.900. The van der Waals surface area contributed by atoms with E-state index in [1.54, 1.807) is 0 Å². The third-order valence-corrected chi connectivity index (χ3v) is 7.81. The number of carbonyl (C=O) groups excluding carboxylic acids is 2. The van der Waals surface area contributed by atoms with E-state index in [9.17, 15) is 23.8 Å². The number of aliphatic carboxylic acids is 1. The molecule has 0 fully saturated rings. The van der Waals surface area contributed by atoms with Crippen LogP contribution < -0.4 is 5.73 Å². The topological polar surface area (TPSA) is 172 Å². The fourth-order valence-electron chi connectivity index (χ4n) is 4.24. The third kappa shape index (κ3) is 26.1. The second kappa shape index (κ2) is 27.1. The van der Waals surface area contributed by atoms with Crippen LogP contribution in [0.15, 0.2) is 0 Å². The van der Waals surface area contributed by atoms with Crippen molar-refractivity contribution in [3.8, 4) is 0 Å². The van der Waals surface area contributed by atoms with Crippen LogP contribution in [0.25, 0.3) is 0 Å². The van der Waals surface area contributed by atoms with Crippen molar-refractivity contribution in [2.45, 2.75) is 154 Å². The van der Waals surface area contributed by atoms with Crippen LogP contribution in [0.4, 0.5) is 0 Å². The summed E-state index contributed by atoms with van der Waals surface area (Å²) < 4.78 is 32.3. The molecule has 4 N–H and O–H groups in total. The highest BCUT2D eigenvalue weighted by Gasteiger charge is 2.28. The molecule has 0 aromatic heterocycles. The molecule has 3 atom stereocenters. The summed E-state index contributed by atoms with van der Waals surface area (Å²) in [7, 11) is -4.69. The van der Waals surface area contributed by atoms with E-state index >= 15 is 0 Å². The quantitative estimate of drug-likeness (QED) is 0.0435. The highest BCUT2D eigenvalue weighted by atomic mass is 31.2. The van der Waals surface area contributed by atoms with Crippen LogP contribution in [0.5, 0.6) is 0 Å². The number of hydrogen-bond donors (Lipinski definition) is 3. The Balaban J connectivity index is 4.53. The minimum atomic E-state index is -4.69. The van der Waals surface area contributed by atoms with Crippen molar-refractivity contribution in [1.29, 1.82) is 0 Å². The SMILES string of the molecule is CCCCCCCCCCCCC(=O)O[C@H](COC(=O)CCCCCCCCCC)COP(=O)(O)OC[C@H](N)C(=O)O. The Bertz CT molecular complexity index is 752. The molecule has 11 nitrogen and oxygen atoms in total. The summed E-state index contributed by atoms with van der Waals surface area (Å²) in [5, 5.41) is 8.80. The Kier molecular flexibility index (Phi) is 26.1. The molecule has 0 aliphatic rings. The number of esters is 2. The van der Waals surface area contributed by atoms with Gasteiger partial charge in [0, 0.05) is 12.8 Å². The van der Waals surface area contributed by atoms with Crippen molar-refractivity contribution in [2.75, 3.05) is 19.8 Å². The third-order valence-electron chi connectivity index (χ3n) is 6.86. The van der Waals surface area contributed by atoms with Gasteiger partial charge in [-0.05, 0) is 12.8 Å². The summed E-state index contributed by atoms with van der Waals surface area (Å²) in [6, 6.07) is -1.51. The molecule has 0 radical (unpaired) electrons. The lowest BCUT2D eigenvalue weighted by Crippen LogP contribution is -2.34. The number of carboxylic acids is 1. The van der Waals surface area contributed by atoms with Crippen LogP contribution in [0, 0.1) is 0 Å². The lowest BCUT2D eigenvalue weighted by Gasteiger charge is -2.20. The number of carboxylic acid groups (broad SMARTS) is 1. The van der Waals surface area contributed by atoms with Gasteiger partial charge in [0.25, 0.3) is 0 Å². The van der Waals surface area contributed by atoms with E-state index in [-0.39, 0.29) is 19.4 Å². The minimum Gasteiger partial charge on any atom is -0.480 e. The van der Waals surface area contributed by atoms with Crippen LogP contribution in [0.2, 0.25) is 0 Å². The standard InChI is InChI=1S/C30H58NO10P/c1-3-5-7-9-11-13-14-16-18-20-22-29(33)41-26(24-39-42(36,37)40-25-27(31)30(34)35)23-38-28(32)21-19-17-15-12-10-8-6-4-2/h26-27H,3-25,31H2,1-2H3,(H,34,35)(H,36,37)/t26-,27+/m1/s1. The molecule has 0 aliphatic carbocycles. The highest BCUT2D eigenvalue weighted by Crippen LogP contribution is 2.43. The van der Waals surface area contributed by atoms with Crippen LogP contribution in [0.3, 0.4) is 0 Å². The Hall–Kier alpha value is -1.52. The first-order chi connectivity index (χ1) is 20.1.